The van der Waals surface area contributed by atoms with Crippen molar-refractivity contribution < 1.29 is 77.7 Å². The quantitative estimate of drug-likeness (QED) is 0.198. The van der Waals surface area contributed by atoms with Crippen LogP contribution in [-0.2, 0) is 52.2 Å². The van der Waals surface area contributed by atoms with Crippen molar-refractivity contribution >= 4 is 5.97 Å². The summed E-state index contributed by atoms with van der Waals surface area (Å²) in [7, 11) is 3.14. The Morgan fingerprint density at radius 1 is 0.820 bits per heavy atom. The number of ether oxygens (including phenoxy) is 10. The number of aliphatic hydroxyl groups is 4. The third-order valence-electron chi connectivity index (χ3n) is 16.2. The largest absolute Gasteiger partial charge is 0.481 e. The van der Waals surface area contributed by atoms with E-state index in [1.807, 2.05) is 34.6 Å². The van der Waals surface area contributed by atoms with Crippen LogP contribution in [0.5, 0.6) is 0 Å². The Labute approximate surface area is 361 Å². The van der Waals surface area contributed by atoms with Crippen molar-refractivity contribution in [2.24, 2.45) is 29.6 Å². The highest BCUT2D eigenvalue weighted by Crippen LogP contribution is 2.54. The summed E-state index contributed by atoms with van der Waals surface area (Å²) < 4.78 is 65.1. The van der Waals surface area contributed by atoms with Crippen LogP contribution in [-0.4, -0.2) is 154 Å². The molecule has 16 heteroatoms. The number of rotatable bonds is 11. The van der Waals surface area contributed by atoms with Gasteiger partial charge in [0.2, 0.25) is 0 Å². The molecule has 352 valence electrons. The predicted octanol–water partition coefficient (Wildman–Crippen LogP) is 4.04. The van der Waals surface area contributed by atoms with Crippen LogP contribution in [0.2, 0.25) is 0 Å². The normalized spacial score (nSPS) is 54.9. The molecular weight excluding hydrogens is 796 g/mol. The molecule has 1 unspecified atom stereocenters. The summed E-state index contributed by atoms with van der Waals surface area (Å²) in [5.41, 5.74) is -1.57. The van der Waals surface area contributed by atoms with Gasteiger partial charge in [-0.15, -0.1) is 0 Å². The van der Waals surface area contributed by atoms with Crippen LogP contribution in [0, 0.1) is 29.6 Å². The smallest absolute Gasteiger partial charge is 0.308 e. The molecule has 7 aliphatic rings. The Balaban J connectivity index is 1.08. The van der Waals surface area contributed by atoms with E-state index in [2.05, 4.69) is 13.8 Å². The van der Waals surface area contributed by atoms with Crippen molar-refractivity contribution in [3.8, 4) is 0 Å². The van der Waals surface area contributed by atoms with Crippen molar-refractivity contribution in [1.29, 1.82) is 0 Å². The van der Waals surface area contributed by atoms with Crippen molar-refractivity contribution in [2.75, 3.05) is 14.2 Å². The molecule has 0 saturated carbocycles. The highest BCUT2D eigenvalue weighted by Gasteiger charge is 2.63. The second-order valence-electron chi connectivity index (χ2n) is 20.7. The van der Waals surface area contributed by atoms with Crippen LogP contribution in [0.4, 0.5) is 0 Å². The van der Waals surface area contributed by atoms with Gasteiger partial charge in [0, 0.05) is 63.6 Å². The minimum atomic E-state index is -2.15. The van der Waals surface area contributed by atoms with Gasteiger partial charge in [-0.2, -0.15) is 0 Å². The fraction of sp³-hybridized carbons (Fsp3) is 0.978. The first-order chi connectivity index (χ1) is 28.5. The van der Waals surface area contributed by atoms with Crippen LogP contribution < -0.4 is 0 Å². The van der Waals surface area contributed by atoms with Crippen LogP contribution in [0.1, 0.15) is 127 Å². The SMILES string of the molecule is CO[C@@H]1[C@@H](O)[C@H](C)[C@@](O)(CC(=O)O)O[C@H]1[C@H](C)[C@H]1O[C@@]2(CC[C@@](C)([C@H]3CC[C@@](C)([C@@H]4O[C@@H]([C@H]5O[C@](C)(O)[C@@H](C)C[C@@H]5C)C[C@@H]4OC4CC[C@H](OC)[C@@H](C)O4)O3)O2)C[C@H](O)[C@H]1C. The van der Waals surface area contributed by atoms with E-state index < -0.39 is 102 Å². The van der Waals surface area contributed by atoms with E-state index >= 15 is 0 Å². The molecule has 0 radical (unpaired) electrons. The number of methoxy groups -OCH3 is 2. The second kappa shape index (κ2) is 17.6. The van der Waals surface area contributed by atoms with Crippen molar-refractivity contribution in [1.82, 2.24) is 0 Å². The van der Waals surface area contributed by atoms with E-state index in [9.17, 15) is 30.3 Å². The minimum Gasteiger partial charge on any atom is -0.481 e. The number of carbonyl (C=O) groups is 1. The average Bonchev–Trinajstić information content (AvgIpc) is 3.89. The molecule has 0 aromatic heterocycles. The average molecular weight is 873 g/mol. The van der Waals surface area contributed by atoms with Gasteiger partial charge in [0.05, 0.1) is 78.7 Å². The number of hydrogen-bond acceptors (Lipinski definition) is 15. The van der Waals surface area contributed by atoms with E-state index in [0.717, 1.165) is 12.8 Å². The van der Waals surface area contributed by atoms with Crippen molar-refractivity contribution in [3.63, 3.8) is 0 Å². The number of aliphatic carboxylic acids is 1. The van der Waals surface area contributed by atoms with Crippen molar-refractivity contribution in [2.45, 2.75) is 235 Å². The van der Waals surface area contributed by atoms with E-state index in [0.29, 0.717) is 38.5 Å². The summed E-state index contributed by atoms with van der Waals surface area (Å²) in [6, 6.07) is 0. The zero-order valence-electron chi connectivity index (χ0n) is 38.2. The predicted molar refractivity (Wildman–Crippen MR) is 217 cm³/mol. The molecule has 0 amide bonds. The summed E-state index contributed by atoms with van der Waals surface area (Å²) in [6.07, 6.45) is -2.26. The molecule has 16 nitrogen and oxygen atoms in total. The number of carboxylic acids is 1. The third kappa shape index (κ3) is 9.09. The summed E-state index contributed by atoms with van der Waals surface area (Å²) in [6.45, 7) is 17.3. The molecule has 0 aliphatic carbocycles. The van der Waals surface area contributed by atoms with Gasteiger partial charge in [-0.05, 0) is 65.7 Å². The van der Waals surface area contributed by atoms with Gasteiger partial charge in [-0.25, -0.2) is 0 Å². The molecule has 5 N–H and O–H groups in total. The Morgan fingerprint density at radius 2 is 1.54 bits per heavy atom. The van der Waals surface area contributed by atoms with Crippen LogP contribution in [0.3, 0.4) is 0 Å². The zero-order valence-corrected chi connectivity index (χ0v) is 38.2. The molecule has 23 atom stereocenters. The van der Waals surface area contributed by atoms with E-state index in [4.69, 9.17) is 47.4 Å². The molecule has 61 heavy (non-hydrogen) atoms. The van der Waals surface area contributed by atoms with Crippen molar-refractivity contribution in [3.05, 3.63) is 0 Å². The van der Waals surface area contributed by atoms with E-state index in [1.54, 1.807) is 14.0 Å². The fourth-order valence-electron chi connectivity index (χ4n) is 12.0. The summed E-state index contributed by atoms with van der Waals surface area (Å²) in [5, 5.41) is 55.1. The first-order valence-corrected chi connectivity index (χ1v) is 22.9. The molecule has 0 bridgehead atoms. The molecule has 7 fully saturated rings. The lowest BCUT2D eigenvalue weighted by molar-refractivity contribution is -0.363. The third-order valence-corrected chi connectivity index (χ3v) is 16.2. The number of carboxylic acid groups (broad SMARTS) is 1. The Kier molecular flexibility index (Phi) is 13.8. The monoisotopic (exact) mass is 873 g/mol. The first kappa shape index (κ1) is 47.9. The maximum Gasteiger partial charge on any atom is 0.308 e. The standard InChI is InChI=1S/C45H76O16/c1-22-18-23(2)43(9,50)58-36(22)30-19-31(55-34-13-12-29(52-10)27(6)54-34)40(56-30)42(8)15-14-32(57-42)41(7)16-17-44(61-41)20-28(46)24(3)37(59-44)25(4)38-39(53-11)35(49)26(5)45(51,60-38)21-33(47)48/h22-32,34-40,46,49-51H,12-21H2,1-11H3,(H,47,48)/t22-,23-,24+,25+,26-,27+,28-,29-,30+,31-,32+,34?,35-,36-,37-,38-,39+,40+,41-,42-,43-,44+,45+/m0/s1. The Hall–Kier alpha value is -1.09. The lowest BCUT2D eigenvalue weighted by Crippen LogP contribution is -2.65. The Bertz CT molecular complexity index is 1530. The molecule has 1 spiro atoms. The van der Waals surface area contributed by atoms with Gasteiger partial charge in [0.1, 0.15) is 12.2 Å². The molecule has 7 aliphatic heterocycles. The molecule has 7 heterocycles. The fourth-order valence-corrected chi connectivity index (χ4v) is 12.0. The summed E-state index contributed by atoms with van der Waals surface area (Å²) >= 11 is 0. The molecular formula is C45H76O16. The summed E-state index contributed by atoms with van der Waals surface area (Å²) in [5.74, 6) is -7.65. The Morgan fingerprint density at radius 3 is 2.20 bits per heavy atom. The highest BCUT2D eigenvalue weighted by molar-refractivity contribution is 5.68. The van der Waals surface area contributed by atoms with E-state index in [-0.39, 0.29) is 54.9 Å². The first-order valence-electron chi connectivity index (χ1n) is 22.9. The maximum atomic E-state index is 11.8. The van der Waals surface area contributed by atoms with Crippen LogP contribution in [0.25, 0.3) is 0 Å². The van der Waals surface area contributed by atoms with Crippen LogP contribution >= 0.6 is 0 Å². The van der Waals surface area contributed by atoms with Crippen LogP contribution in [0.15, 0.2) is 0 Å². The topological polar surface area (TPSA) is 211 Å². The molecule has 7 rings (SSSR count). The lowest BCUT2D eigenvalue weighted by Gasteiger charge is -2.53. The molecule has 0 aromatic carbocycles. The van der Waals surface area contributed by atoms with Gasteiger partial charge in [-0.3, -0.25) is 4.79 Å². The summed E-state index contributed by atoms with van der Waals surface area (Å²) in [4.78, 5) is 11.8. The van der Waals surface area contributed by atoms with Gasteiger partial charge >= 0.3 is 5.97 Å². The lowest BCUT2D eigenvalue weighted by atomic mass is 9.75. The second-order valence-corrected chi connectivity index (χ2v) is 20.7. The van der Waals surface area contributed by atoms with Gasteiger partial charge < -0.3 is 72.9 Å². The highest BCUT2D eigenvalue weighted by atomic mass is 16.7. The zero-order chi connectivity index (χ0) is 44.6. The van der Waals surface area contributed by atoms with Gasteiger partial charge in [0.15, 0.2) is 23.7 Å². The number of hydrogen-bond donors (Lipinski definition) is 5. The molecule has 7 saturated heterocycles. The van der Waals surface area contributed by atoms with Gasteiger partial charge in [0.25, 0.3) is 0 Å². The molecule has 0 aromatic rings. The minimum absolute atomic E-state index is 0.00446. The van der Waals surface area contributed by atoms with Gasteiger partial charge in [-0.1, -0.05) is 34.6 Å². The maximum absolute atomic E-state index is 11.8. The van der Waals surface area contributed by atoms with E-state index in [1.165, 1.54) is 14.0 Å². The number of aliphatic hydroxyl groups excluding tert-OH is 2.